The van der Waals surface area contributed by atoms with E-state index in [1.165, 1.54) is 0 Å². The minimum Gasteiger partial charge on any atom is -0.376 e. The third-order valence-corrected chi connectivity index (χ3v) is 2.24. The SMILES string of the molecule is S=c1nn[nH]n1C[C@@H]1CCCO1. The summed E-state index contributed by atoms with van der Waals surface area (Å²) in [4.78, 5) is 0. The Hall–Kier alpha value is -0.750. The van der Waals surface area contributed by atoms with Crippen molar-refractivity contribution in [3.63, 3.8) is 0 Å². The van der Waals surface area contributed by atoms with Crippen LogP contribution in [0.25, 0.3) is 0 Å². The Balaban J connectivity index is 2.03. The molecule has 2 heterocycles. The van der Waals surface area contributed by atoms with E-state index in [0.717, 1.165) is 26.0 Å². The van der Waals surface area contributed by atoms with E-state index in [1.807, 2.05) is 0 Å². The van der Waals surface area contributed by atoms with Crippen molar-refractivity contribution in [1.82, 2.24) is 20.2 Å². The summed E-state index contributed by atoms with van der Waals surface area (Å²) in [6, 6.07) is 0. The Bertz CT molecular complexity index is 300. The van der Waals surface area contributed by atoms with Gasteiger partial charge in [0.2, 0.25) is 4.77 Å². The van der Waals surface area contributed by atoms with Crippen LogP contribution in [0.4, 0.5) is 0 Å². The van der Waals surface area contributed by atoms with E-state index in [2.05, 4.69) is 15.5 Å². The second kappa shape index (κ2) is 3.32. The fraction of sp³-hybridized carbons (Fsp3) is 0.833. The molecule has 0 unspecified atom stereocenters. The Labute approximate surface area is 74.7 Å². The molecule has 1 N–H and O–H groups in total. The van der Waals surface area contributed by atoms with Crippen LogP contribution in [0.2, 0.25) is 0 Å². The average Bonchev–Trinajstić information content (AvgIpc) is 2.65. The summed E-state index contributed by atoms with van der Waals surface area (Å²) in [5, 5.41) is 9.97. The number of nitrogens with one attached hydrogen (secondary N) is 1. The predicted octanol–water partition coefficient (Wildman–Crippen LogP) is 0.515. The van der Waals surface area contributed by atoms with Gasteiger partial charge in [0.1, 0.15) is 0 Å². The molecule has 1 aliphatic rings. The highest BCUT2D eigenvalue weighted by atomic mass is 32.1. The van der Waals surface area contributed by atoms with Gasteiger partial charge in [-0.15, -0.1) is 0 Å². The van der Waals surface area contributed by atoms with Crippen LogP contribution >= 0.6 is 12.2 Å². The maximum absolute atomic E-state index is 5.44. The van der Waals surface area contributed by atoms with Crippen LogP contribution in [-0.4, -0.2) is 32.9 Å². The van der Waals surface area contributed by atoms with Crippen LogP contribution in [0.1, 0.15) is 12.8 Å². The Kier molecular flexibility index (Phi) is 2.18. The van der Waals surface area contributed by atoms with Gasteiger partial charge in [0.25, 0.3) is 0 Å². The lowest BCUT2D eigenvalue weighted by atomic mass is 10.2. The van der Waals surface area contributed by atoms with E-state index in [4.69, 9.17) is 17.0 Å². The van der Waals surface area contributed by atoms with Crippen LogP contribution in [0.15, 0.2) is 0 Å². The Morgan fingerprint density at radius 2 is 2.67 bits per heavy atom. The lowest BCUT2D eigenvalue weighted by molar-refractivity contribution is 0.0931. The van der Waals surface area contributed by atoms with Crippen LogP contribution < -0.4 is 0 Å². The first kappa shape index (κ1) is 7.88. The number of rotatable bonds is 2. The number of aromatic nitrogens is 4. The van der Waals surface area contributed by atoms with Crippen molar-refractivity contribution < 1.29 is 4.74 Å². The summed E-state index contributed by atoms with van der Waals surface area (Å²) in [7, 11) is 0. The van der Waals surface area contributed by atoms with Crippen molar-refractivity contribution in [2.24, 2.45) is 0 Å². The molecule has 1 aromatic rings. The first-order chi connectivity index (χ1) is 5.86. The van der Waals surface area contributed by atoms with E-state index >= 15 is 0 Å². The fourth-order valence-corrected chi connectivity index (χ4v) is 1.48. The third-order valence-electron chi connectivity index (χ3n) is 1.94. The van der Waals surface area contributed by atoms with Gasteiger partial charge in [-0.1, -0.05) is 10.3 Å². The van der Waals surface area contributed by atoms with E-state index in [9.17, 15) is 0 Å². The molecule has 6 heteroatoms. The summed E-state index contributed by atoms with van der Waals surface area (Å²) in [5.41, 5.74) is 0. The van der Waals surface area contributed by atoms with Gasteiger partial charge in [0.05, 0.1) is 12.6 Å². The molecular formula is C6H10N4OS. The Morgan fingerprint density at radius 1 is 1.75 bits per heavy atom. The largest absolute Gasteiger partial charge is 0.376 e. The molecular weight excluding hydrogens is 176 g/mol. The minimum absolute atomic E-state index is 0.277. The normalized spacial score (nSPS) is 23.2. The van der Waals surface area contributed by atoms with Crippen LogP contribution in [-0.2, 0) is 11.3 Å². The van der Waals surface area contributed by atoms with Crippen molar-refractivity contribution in [2.45, 2.75) is 25.5 Å². The van der Waals surface area contributed by atoms with Crippen LogP contribution in [0.3, 0.4) is 0 Å². The van der Waals surface area contributed by atoms with Crippen molar-refractivity contribution in [2.75, 3.05) is 6.61 Å². The molecule has 5 nitrogen and oxygen atoms in total. The monoisotopic (exact) mass is 186 g/mol. The highest BCUT2D eigenvalue weighted by Crippen LogP contribution is 2.13. The zero-order valence-electron chi connectivity index (χ0n) is 6.56. The van der Waals surface area contributed by atoms with E-state index in [1.54, 1.807) is 4.68 Å². The maximum atomic E-state index is 5.44. The predicted molar refractivity (Wildman–Crippen MR) is 44.2 cm³/mol. The number of H-pyrrole nitrogens is 1. The van der Waals surface area contributed by atoms with Crippen molar-refractivity contribution >= 4 is 12.2 Å². The first-order valence-electron chi connectivity index (χ1n) is 3.96. The minimum atomic E-state index is 0.277. The van der Waals surface area contributed by atoms with Crippen LogP contribution in [0.5, 0.6) is 0 Å². The first-order valence-corrected chi connectivity index (χ1v) is 4.36. The lowest BCUT2D eigenvalue weighted by Crippen LogP contribution is -2.16. The fourth-order valence-electron chi connectivity index (χ4n) is 1.33. The van der Waals surface area contributed by atoms with Crippen molar-refractivity contribution in [3.8, 4) is 0 Å². The molecule has 1 aromatic heterocycles. The molecule has 0 aromatic carbocycles. The highest BCUT2D eigenvalue weighted by Gasteiger charge is 2.16. The van der Waals surface area contributed by atoms with E-state index in [0.29, 0.717) is 4.77 Å². The van der Waals surface area contributed by atoms with Gasteiger partial charge in [-0.05, 0) is 25.1 Å². The standard InChI is InChI=1S/C6H10N4OS/c12-6-7-8-9-10(6)4-5-2-1-3-11-5/h5H,1-4H2,(H,7,9,12)/t5-/m0/s1. The highest BCUT2D eigenvalue weighted by molar-refractivity contribution is 7.71. The summed E-state index contributed by atoms with van der Waals surface area (Å²) in [6.45, 7) is 1.60. The molecule has 0 saturated carbocycles. The Morgan fingerprint density at radius 3 is 3.25 bits per heavy atom. The molecule has 1 saturated heterocycles. The van der Waals surface area contributed by atoms with Gasteiger partial charge in [-0.3, -0.25) is 0 Å². The molecule has 0 bridgehead atoms. The molecule has 1 atom stereocenters. The molecule has 1 fully saturated rings. The lowest BCUT2D eigenvalue weighted by Gasteiger charge is -2.07. The van der Waals surface area contributed by atoms with E-state index < -0.39 is 0 Å². The molecule has 2 rings (SSSR count). The van der Waals surface area contributed by atoms with Crippen molar-refractivity contribution in [3.05, 3.63) is 4.77 Å². The number of ether oxygens (including phenoxy) is 1. The second-order valence-electron chi connectivity index (χ2n) is 2.83. The van der Waals surface area contributed by atoms with Gasteiger partial charge in [0.15, 0.2) is 0 Å². The average molecular weight is 186 g/mol. The molecule has 0 spiro atoms. The zero-order valence-corrected chi connectivity index (χ0v) is 7.38. The summed E-state index contributed by atoms with van der Waals surface area (Å²) < 4.78 is 7.66. The maximum Gasteiger partial charge on any atom is 0.238 e. The molecule has 12 heavy (non-hydrogen) atoms. The molecule has 0 radical (unpaired) electrons. The van der Waals surface area contributed by atoms with Gasteiger partial charge in [0, 0.05) is 6.61 Å². The quantitative estimate of drug-likeness (QED) is 0.684. The van der Waals surface area contributed by atoms with Crippen molar-refractivity contribution in [1.29, 1.82) is 0 Å². The van der Waals surface area contributed by atoms with Gasteiger partial charge in [-0.2, -0.15) is 5.21 Å². The number of aromatic amines is 1. The van der Waals surface area contributed by atoms with Crippen LogP contribution in [0, 0.1) is 4.77 Å². The van der Waals surface area contributed by atoms with Gasteiger partial charge in [-0.25, -0.2) is 4.68 Å². The molecule has 66 valence electrons. The smallest absolute Gasteiger partial charge is 0.238 e. The summed E-state index contributed by atoms with van der Waals surface area (Å²) in [6.07, 6.45) is 2.51. The van der Waals surface area contributed by atoms with Gasteiger partial charge >= 0.3 is 0 Å². The second-order valence-corrected chi connectivity index (χ2v) is 3.19. The molecule has 1 aliphatic heterocycles. The number of hydrogen-bond donors (Lipinski definition) is 1. The third kappa shape index (κ3) is 1.54. The molecule has 0 amide bonds. The zero-order chi connectivity index (χ0) is 8.39. The molecule has 0 aliphatic carbocycles. The summed E-state index contributed by atoms with van der Waals surface area (Å²) >= 11 is 4.92. The number of hydrogen-bond acceptors (Lipinski definition) is 4. The summed E-state index contributed by atoms with van der Waals surface area (Å²) in [5.74, 6) is 0. The topological polar surface area (TPSA) is 55.7 Å². The van der Waals surface area contributed by atoms with Gasteiger partial charge < -0.3 is 4.74 Å². The number of tetrazole rings is 1. The van der Waals surface area contributed by atoms with E-state index in [-0.39, 0.29) is 6.10 Å². The number of nitrogens with zero attached hydrogens (tertiary/aromatic N) is 3.